The molecule has 0 saturated heterocycles. The van der Waals surface area contributed by atoms with E-state index in [2.05, 4.69) is 4.98 Å². The lowest BCUT2D eigenvalue weighted by atomic mass is 10.2. The van der Waals surface area contributed by atoms with Crippen molar-refractivity contribution in [2.45, 2.75) is 19.5 Å². The highest BCUT2D eigenvalue weighted by Crippen LogP contribution is 2.29. The van der Waals surface area contributed by atoms with E-state index in [0.29, 0.717) is 10.5 Å². The van der Waals surface area contributed by atoms with Gasteiger partial charge >= 0.3 is 0 Å². The van der Waals surface area contributed by atoms with Crippen LogP contribution in [0.1, 0.15) is 30.0 Å². The van der Waals surface area contributed by atoms with Crippen LogP contribution >= 0.6 is 11.3 Å². The molecule has 0 aliphatic rings. The van der Waals surface area contributed by atoms with Gasteiger partial charge in [-0.05, 0) is 19.1 Å². The summed E-state index contributed by atoms with van der Waals surface area (Å²) in [4.78, 5) is 4.09. The number of aliphatic hydroxyl groups excluding tert-OH is 1. The number of aliphatic hydroxyl groups is 1. The SMILES string of the molecule is CC(O)c1nc2cc(C(F)F)ccc2s1. The fourth-order valence-corrected chi connectivity index (χ4v) is 2.16. The molecule has 0 radical (unpaired) electrons. The first-order chi connectivity index (χ1) is 7.08. The van der Waals surface area contributed by atoms with E-state index in [9.17, 15) is 13.9 Å². The van der Waals surface area contributed by atoms with Crippen LogP contribution in [0.15, 0.2) is 18.2 Å². The molecule has 0 aliphatic heterocycles. The number of halogens is 2. The second-order valence-corrected chi connectivity index (χ2v) is 4.32. The van der Waals surface area contributed by atoms with Crippen molar-refractivity contribution in [3.05, 3.63) is 28.8 Å². The standard InChI is InChI=1S/C10H9F2NOS/c1-5(14)10-13-7-4-6(9(11)12)2-3-8(7)15-10/h2-5,9,14H,1H3. The predicted octanol–water partition coefficient (Wildman–Crippen LogP) is 3.29. The van der Waals surface area contributed by atoms with Gasteiger partial charge in [-0.3, -0.25) is 0 Å². The molecule has 0 saturated carbocycles. The van der Waals surface area contributed by atoms with E-state index in [-0.39, 0.29) is 5.56 Å². The average molecular weight is 229 g/mol. The third-order valence-corrected chi connectivity index (χ3v) is 3.24. The number of fused-ring (bicyclic) bond motifs is 1. The number of hydrogen-bond donors (Lipinski definition) is 1. The molecule has 1 N–H and O–H groups in total. The number of thiazole rings is 1. The molecule has 80 valence electrons. The smallest absolute Gasteiger partial charge is 0.263 e. The van der Waals surface area contributed by atoms with Crippen LogP contribution in [0, 0.1) is 0 Å². The van der Waals surface area contributed by atoms with Crippen LogP contribution in [-0.4, -0.2) is 10.1 Å². The minimum absolute atomic E-state index is 0.0371. The number of hydrogen-bond acceptors (Lipinski definition) is 3. The van der Waals surface area contributed by atoms with Crippen LogP contribution < -0.4 is 0 Å². The van der Waals surface area contributed by atoms with Gasteiger partial charge in [0, 0.05) is 5.56 Å². The number of nitrogens with zero attached hydrogens (tertiary/aromatic N) is 1. The number of alkyl halides is 2. The van der Waals surface area contributed by atoms with E-state index in [1.54, 1.807) is 13.0 Å². The summed E-state index contributed by atoms with van der Waals surface area (Å²) < 4.78 is 25.6. The number of rotatable bonds is 2. The Kier molecular flexibility index (Phi) is 2.67. The molecular formula is C10H9F2NOS. The first-order valence-electron chi connectivity index (χ1n) is 4.44. The van der Waals surface area contributed by atoms with E-state index in [0.717, 1.165) is 4.70 Å². The van der Waals surface area contributed by atoms with Gasteiger partial charge in [0.2, 0.25) is 0 Å². The fourth-order valence-electron chi connectivity index (χ4n) is 1.28. The molecule has 15 heavy (non-hydrogen) atoms. The molecule has 1 aromatic heterocycles. The van der Waals surface area contributed by atoms with Crippen molar-refractivity contribution in [3.63, 3.8) is 0 Å². The quantitative estimate of drug-likeness (QED) is 0.857. The molecule has 2 aromatic rings. The molecule has 0 bridgehead atoms. The first-order valence-corrected chi connectivity index (χ1v) is 5.26. The topological polar surface area (TPSA) is 33.1 Å². The van der Waals surface area contributed by atoms with Crippen molar-refractivity contribution in [1.29, 1.82) is 0 Å². The second kappa shape index (κ2) is 3.83. The Balaban J connectivity index is 2.52. The van der Waals surface area contributed by atoms with Crippen molar-refractivity contribution in [2.24, 2.45) is 0 Å². The van der Waals surface area contributed by atoms with Gasteiger partial charge in [-0.2, -0.15) is 0 Å². The molecule has 1 heterocycles. The lowest BCUT2D eigenvalue weighted by Crippen LogP contribution is -1.88. The molecule has 1 aromatic carbocycles. The predicted molar refractivity (Wildman–Crippen MR) is 55.2 cm³/mol. The van der Waals surface area contributed by atoms with E-state index in [1.165, 1.54) is 23.5 Å². The monoisotopic (exact) mass is 229 g/mol. The highest BCUT2D eigenvalue weighted by Gasteiger charge is 2.12. The van der Waals surface area contributed by atoms with Crippen LogP contribution in [0.4, 0.5) is 8.78 Å². The van der Waals surface area contributed by atoms with Gasteiger partial charge in [-0.1, -0.05) is 6.07 Å². The molecule has 1 unspecified atom stereocenters. The molecule has 2 nitrogen and oxygen atoms in total. The van der Waals surface area contributed by atoms with E-state index in [1.807, 2.05) is 0 Å². The summed E-state index contributed by atoms with van der Waals surface area (Å²) in [5, 5.41) is 9.86. The van der Waals surface area contributed by atoms with Crippen molar-refractivity contribution in [2.75, 3.05) is 0 Å². The molecule has 5 heteroatoms. The van der Waals surface area contributed by atoms with Crippen molar-refractivity contribution in [3.8, 4) is 0 Å². The zero-order chi connectivity index (χ0) is 11.0. The summed E-state index contributed by atoms with van der Waals surface area (Å²) in [6.45, 7) is 1.60. The Morgan fingerprint density at radius 2 is 2.13 bits per heavy atom. The van der Waals surface area contributed by atoms with E-state index in [4.69, 9.17) is 0 Å². The molecule has 0 spiro atoms. The molecular weight excluding hydrogens is 220 g/mol. The zero-order valence-corrected chi connectivity index (χ0v) is 8.76. The highest BCUT2D eigenvalue weighted by atomic mass is 32.1. The van der Waals surface area contributed by atoms with Crippen molar-refractivity contribution >= 4 is 21.6 Å². The molecule has 2 rings (SSSR count). The Morgan fingerprint density at radius 1 is 1.40 bits per heavy atom. The maximum absolute atomic E-state index is 12.4. The molecule has 0 aliphatic carbocycles. The van der Waals surface area contributed by atoms with Gasteiger partial charge in [0.25, 0.3) is 6.43 Å². The van der Waals surface area contributed by atoms with Crippen LogP contribution in [0.3, 0.4) is 0 Å². The van der Waals surface area contributed by atoms with Crippen LogP contribution in [0.2, 0.25) is 0 Å². The Labute approximate surface area is 89.2 Å². The van der Waals surface area contributed by atoms with Gasteiger partial charge < -0.3 is 5.11 Å². The molecule has 0 fully saturated rings. The summed E-state index contributed by atoms with van der Waals surface area (Å²) in [5.41, 5.74) is 0.485. The lowest BCUT2D eigenvalue weighted by molar-refractivity contribution is 0.151. The summed E-state index contributed by atoms with van der Waals surface area (Å²) in [6.07, 6.45) is -3.14. The van der Waals surface area contributed by atoms with Crippen LogP contribution in [0.25, 0.3) is 10.2 Å². The largest absolute Gasteiger partial charge is 0.386 e. The lowest BCUT2D eigenvalue weighted by Gasteiger charge is -1.97. The van der Waals surface area contributed by atoms with Crippen LogP contribution in [-0.2, 0) is 0 Å². The molecule has 1 atom stereocenters. The Bertz CT molecular complexity index is 475. The maximum atomic E-state index is 12.4. The van der Waals surface area contributed by atoms with Gasteiger partial charge in [0.05, 0.1) is 10.2 Å². The first kappa shape index (κ1) is 10.4. The zero-order valence-electron chi connectivity index (χ0n) is 7.95. The van der Waals surface area contributed by atoms with Gasteiger partial charge in [0.1, 0.15) is 11.1 Å². The fraction of sp³-hybridized carbons (Fsp3) is 0.300. The van der Waals surface area contributed by atoms with E-state index < -0.39 is 12.5 Å². The Hall–Kier alpha value is -1.07. The summed E-state index contributed by atoms with van der Waals surface area (Å²) in [6, 6.07) is 4.36. The maximum Gasteiger partial charge on any atom is 0.263 e. The average Bonchev–Trinajstić information content (AvgIpc) is 2.59. The summed E-state index contributed by atoms with van der Waals surface area (Å²) in [5.74, 6) is 0. The minimum Gasteiger partial charge on any atom is -0.386 e. The third-order valence-electron chi connectivity index (χ3n) is 2.04. The van der Waals surface area contributed by atoms with Crippen molar-refractivity contribution in [1.82, 2.24) is 4.98 Å². The van der Waals surface area contributed by atoms with Gasteiger partial charge in [-0.25, -0.2) is 13.8 Å². The number of benzene rings is 1. The summed E-state index contributed by atoms with van der Waals surface area (Å²) >= 11 is 1.32. The van der Waals surface area contributed by atoms with Gasteiger partial charge in [-0.15, -0.1) is 11.3 Å². The summed E-state index contributed by atoms with van der Waals surface area (Å²) in [7, 11) is 0. The van der Waals surface area contributed by atoms with Gasteiger partial charge in [0.15, 0.2) is 0 Å². The van der Waals surface area contributed by atoms with Crippen LogP contribution in [0.5, 0.6) is 0 Å². The Morgan fingerprint density at radius 3 is 2.73 bits per heavy atom. The minimum atomic E-state index is -2.48. The second-order valence-electron chi connectivity index (χ2n) is 3.26. The highest BCUT2D eigenvalue weighted by molar-refractivity contribution is 7.18. The van der Waals surface area contributed by atoms with E-state index >= 15 is 0 Å². The number of aromatic nitrogens is 1. The third kappa shape index (κ3) is 1.98. The molecule has 0 amide bonds. The normalized spacial score (nSPS) is 13.7. The van der Waals surface area contributed by atoms with Crippen molar-refractivity contribution < 1.29 is 13.9 Å².